The first-order valence-electron chi connectivity index (χ1n) is 6.30. The standard InChI is InChI=1S/C13H14Cl2FNO3S/c1-13(2)4-3-5-17(13)12(18)9-6-8(14)7-10(11(9)16)21(15,19)20/h6-7H,3-5H2,1-2H3. The molecule has 21 heavy (non-hydrogen) atoms. The van der Waals surface area contributed by atoms with Crippen molar-refractivity contribution in [3.8, 4) is 0 Å². The Labute approximate surface area is 132 Å². The lowest BCUT2D eigenvalue weighted by Crippen LogP contribution is -2.43. The summed E-state index contributed by atoms with van der Waals surface area (Å²) in [5, 5.41) is -0.0593. The van der Waals surface area contributed by atoms with Gasteiger partial charge in [-0.05, 0) is 38.8 Å². The topological polar surface area (TPSA) is 54.5 Å². The molecule has 4 nitrogen and oxygen atoms in total. The largest absolute Gasteiger partial charge is 0.333 e. The molecule has 116 valence electrons. The predicted octanol–water partition coefficient (Wildman–Crippen LogP) is 3.42. The van der Waals surface area contributed by atoms with Crippen LogP contribution in [-0.4, -0.2) is 31.3 Å². The first-order chi connectivity index (χ1) is 9.54. The van der Waals surface area contributed by atoms with Crippen LogP contribution in [0.1, 0.15) is 37.0 Å². The van der Waals surface area contributed by atoms with Gasteiger partial charge in [-0.15, -0.1) is 0 Å². The maximum atomic E-state index is 14.3. The fourth-order valence-electron chi connectivity index (χ4n) is 2.53. The highest BCUT2D eigenvalue weighted by atomic mass is 35.7. The summed E-state index contributed by atoms with van der Waals surface area (Å²) in [6.07, 6.45) is 1.60. The molecule has 1 aromatic carbocycles. The Bertz CT molecular complexity index is 704. The molecular formula is C13H14Cl2FNO3S. The Hall–Kier alpha value is -0.850. The van der Waals surface area contributed by atoms with Crippen molar-refractivity contribution in [2.75, 3.05) is 6.54 Å². The van der Waals surface area contributed by atoms with Gasteiger partial charge in [0.15, 0.2) is 5.82 Å². The van der Waals surface area contributed by atoms with Crippen LogP contribution >= 0.6 is 22.3 Å². The molecule has 1 aromatic rings. The van der Waals surface area contributed by atoms with Gasteiger partial charge in [0.1, 0.15) is 4.90 Å². The first-order valence-corrected chi connectivity index (χ1v) is 8.98. The van der Waals surface area contributed by atoms with Crippen LogP contribution in [0.5, 0.6) is 0 Å². The van der Waals surface area contributed by atoms with E-state index in [2.05, 4.69) is 0 Å². The highest BCUT2D eigenvalue weighted by Gasteiger charge is 2.37. The number of hydrogen-bond acceptors (Lipinski definition) is 3. The number of hydrogen-bond donors (Lipinski definition) is 0. The summed E-state index contributed by atoms with van der Waals surface area (Å²) in [6, 6.07) is 2.02. The minimum Gasteiger partial charge on any atom is -0.333 e. The second-order valence-electron chi connectivity index (χ2n) is 5.58. The van der Waals surface area contributed by atoms with Gasteiger partial charge < -0.3 is 4.90 Å². The van der Waals surface area contributed by atoms with Crippen molar-refractivity contribution in [3.63, 3.8) is 0 Å². The van der Waals surface area contributed by atoms with Crippen LogP contribution in [0.3, 0.4) is 0 Å². The molecule has 1 saturated heterocycles. The SMILES string of the molecule is CC1(C)CCCN1C(=O)c1cc(Cl)cc(S(=O)(=O)Cl)c1F. The third-order valence-electron chi connectivity index (χ3n) is 3.64. The summed E-state index contributed by atoms with van der Waals surface area (Å²) in [7, 11) is 0.855. The van der Waals surface area contributed by atoms with E-state index in [-0.39, 0.29) is 10.6 Å². The molecule has 1 amide bonds. The van der Waals surface area contributed by atoms with Crippen LogP contribution in [0.4, 0.5) is 4.39 Å². The number of amides is 1. The van der Waals surface area contributed by atoms with E-state index < -0.39 is 31.2 Å². The fourth-order valence-corrected chi connectivity index (χ4v) is 3.74. The van der Waals surface area contributed by atoms with Crippen molar-refractivity contribution in [2.45, 2.75) is 37.1 Å². The molecule has 0 aliphatic carbocycles. The van der Waals surface area contributed by atoms with Crippen LogP contribution in [-0.2, 0) is 9.05 Å². The number of nitrogens with zero attached hydrogens (tertiary/aromatic N) is 1. The molecule has 1 aliphatic rings. The van der Waals surface area contributed by atoms with Gasteiger partial charge in [-0.25, -0.2) is 12.8 Å². The molecule has 0 saturated carbocycles. The van der Waals surface area contributed by atoms with Crippen LogP contribution < -0.4 is 0 Å². The van der Waals surface area contributed by atoms with E-state index in [1.54, 1.807) is 0 Å². The normalized spacial score (nSPS) is 18.0. The fraction of sp³-hybridized carbons (Fsp3) is 0.462. The Morgan fingerprint density at radius 2 is 2.00 bits per heavy atom. The smallest absolute Gasteiger partial charge is 0.264 e. The zero-order chi connectivity index (χ0) is 16.0. The average Bonchev–Trinajstić information content (AvgIpc) is 2.69. The lowest BCUT2D eigenvalue weighted by atomic mass is 10.0. The van der Waals surface area contributed by atoms with Gasteiger partial charge in [-0.2, -0.15) is 0 Å². The summed E-state index contributed by atoms with van der Waals surface area (Å²) in [5.74, 6) is -1.75. The third-order valence-corrected chi connectivity index (χ3v) is 5.18. The molecule has 0 N–H and O–H groups in total. The van der Waals surface area contributed by atoms with Crippen molar-refractivity contribution < 1.29 is 17.6 Å². The molecule has 0 spiro atoms. The summed E-state index contributed by atoms with van der Waals surface area (Å²) in [6.45, 7) is 4.24. The predicted molar refractivity (Wildman–Crippen MR) is 78.8 cm³/mol. The van der Waals surface area contributed by atoms with Crippen molar-refractivity contribution in [3.05, 3.63) is 28.5 Å². The molecule has 1 fully saturated rings. The Morgan fingerprint density at radius 3 is 2.48 bits per heavy atom. The van der Waals surface area contributed by atoms with Gasteiger partial charge >= 0.3 is 0 Å². The minimum absolute atomic E-state index is 0.0593. The molecule has 1 aliphatic heterocycles. The molecule has 0 atom stereocenters. The zero-order valence-electron chi connectivity index (χ0n) is 11.5. The number of likely N-dealkylation sites (tertiary alicyclic amines) is 1. The molecule has 0 unspecified atom stereocenters. The maximum Gasteiger partial charge on any atom is 0.264 e. The number of halogens is 3. The highest BCUT2D eigenvalue weighted by Crippen LogP contribution is 2.32. The first kappa shape index (κ1) is 16.5. The Balaban J connectivity index is 2.55. The van der Waals surface area contributed by atoms with Crippen molar-refractivity contribution in [2.24, 2.45) is 0 Å². The van der Waals surface area contributed by atoms with Gasteiger partial charge in [-0.3, -0.25) is 4.79 Å². The highest BCUT2D eigenvalue weighted by molar-refractivity contribution is 8.13. The number of carbonyl (C=O) groups excluding carboxylic acids is 1. The van der Waals surface area contributed by atoms with E-state index >= 15 is 0 Å². The van der Waals surface area contributed by atoms with E-state index in [4.69, 9.17) is 22.3 Å². The number of rotatable bonds is 2. The quantitative estimate of drug-likeness (QED) is 0.765. The van der Waals surface area contributed by atoms with E-state index in [0.717, 1.165) is 25.0 Å². The monoisotopic (exact) mass is 353 g/mol. The summed E-state index contributed by atoms with van der Waals surface area (Å²) in [5.41, 5.74) is -0.789. The zero-order valence-corrected chi connectivity index (χ0v) is 13.8. The van der Waals surface area contributed by atoms with Gasteiger partial charge in [0.25, 0.3) is 15.0 Å². The van der Waals surface area contributed by atoms with Crippen LogP contribution in [0, 0.1) is 5.82 Å². The summed E-state index contributed by atoms with van der Waals surface area (Å²) < 4.78 is 37.1. The second kappa shape index (κ2) is 5.41. The number of benzene rings is 1. The summed E-state index contributed by atoms with van der Waals surface area (Å²) in [4.78, 5) is 13.2. The van der Waals surface area contributed by atoms with E-state index in [0.29, 0.717) is 6.54 Å². The van der Waals surface area contributed by atoms with Crippen molar-refractivity contribution >= 4 is 37.2 Å². The van der Waals surface area contributed by atoms with Gasteiger partial charge in [0.05, 0.1) is 5.56 Å². The van der Waals surface area contributed by atoms with Gasteiger partial charge in [-0.1, -0.05) is 11.6 Å². The average molecular weight is 354 g/mol. The van der Waals surface area contributed by atoms with Crippen LogP contribution in [0.2, 0.25) is 5.02 Å². The molecular weight excluding hydrogens is 340 g/mol. The van der Waals surface area contributed by atoms with E-state index in [9.17, 15) is 17.6 Å². The molecule has 2 rings (SSSR count). The molecule has 0 aromatic heterocycles. The lowest BCUT2D eigenvalue weighted by molar-refractivity contribution is 0.0646. The maximum absolute atomic E-state index is 14.3. The lowest BCUT2D eigenvalue weighted by Gasteiger charge is -2.31. The minimum atomic E-state index is -4.32. The van der Waals surface area contributed by atoms with Crippen LogP contribution in [0.25, 0.3) is 0 Å². The molecule has 1 heterocycles. The van der Waals surface area contributed by atoms with Crippen molar-refractivity contribution in [1.29, 1.82) is 0 Å². The van der Waals surface area contributed by atoms with Crippen LogP contribution in [0.15, 0.2) is 17.0 Å². The van der Waals surface area contributed by atoms with Gasteiger partial charge in [0.2, 0.25) is 0 Å². The molecule has 0 bridgehead atoms. The van der Waals surface area contributed by atoms with E-state index in [1.165, 1.54) is 4.90 Å². The number of carbonyl (C=O) groups is 1. The van der Waals surface area contributed by atoms with E-state index in [1.807, 2.05) is 13.8 Å². The third kappa shape index (κ3) is 3.17. The van der Waals surface area contributed by atoms with Crippen molar-refractivity contribution in [1.82, 2.24) is 4.90 Å². The molecule has 0 radical (unpaired) electrons. The van der Waals surface area contributed by atoms with Gasteiger partial charge in [0, 0.05) is 27.8 Å². The second-order valence-corrected chi connectivity index (χ2v) is 8.55. The molecule has 8 heteroatoms. The Kier molecular flexibility index (Phi) is 4.26. The Morgan fingerprint density at radius 1 is 1.38 bits per heavy atom. The summed E-state index contributed by atoms with van der Waals surface area (Å²) >= 11 is 5.79.